The van der Waals surface area contributed by atoms with Crippen LogP contribution >= 0.6 is 23.4 Å². The second kappa shape index (κ2) is 8.82. The van der Waals surface area contributed by atoms with E-state index >= 15 is 0 Å². The SMILES string of the molecule is O=c1cc(CSc2nc(NC[C@H]3CCCO3)c3ccccc3n2)nc2ccc(Cl)cn12. The molecule has 3 aromatic heterocycles. The molecule has 0 radical (unpaired) electrons. The van der Waals surface area contributed by atoms with Gasteiger partial charge < -0.3 is 10.1 Å². The van der Waals surface area contributed by atoms with Gasteiger partial charge in [-0.3, -0.25) is 9.20 Å². The molecular weight excluding hydrogens is 434 g/mol. The number of nitrogens with zero attached hydrogens (tertiary/aromatic N) is 4. The first-order valence-electron chi connectivity index (χ1n) is 10.1. The summed E-state index contributed by atoms with van der Waals surface area (Å²) in [4.78, 5) is 26.4. The third kappa shape index (κ3) is 4.51. The van der Waals surface area contributed by atoms with Crippen LogP contribution in [0.1, 0.15) is 18.5 Å². The Hall–Kier alpha value is -2.68. The molecule has 0 spiro atoms. The Morgan fingerprint density at radius 3 is 2.97 bits per heavy atom. The topological polar surface area (TPSA) is 81.4 Å². The lowest BCUT2D eigenvalue weighted by atomic mass is 10.2. The van der Waals surface area contributed by atoms with Gasteiger partial charge in [-0.15, -0.1) is 0 Å². The number of thioether (sulfide) groups is 1. The van der Waals surface area contributed by atoms with Crippen LogP contribution in [0.4, 0.5) is 5.82 Å². The summed E-state index contributed by atoms with van der Waals surface area (Å²) in [5.41, 5.74) is 1.94. The summed E-state index contributed by atoms with van der Waals surface area (Å²) in [7, 11) is 0. The first-order valence-corrected chi connectivity index (χ1v) is 11.4. The Bertz CT molecular complexity index is 1310. The highest BCUT2D eigenvalue weighted by atomic mass is 35.5. The van der Waals surface area contributed by atoms with Crippen LogP contribution in [0.15, 0.2) is 58.6 Å². The molecule has 0 amide bonds. The average Bonchev–Trinajstić information content (AvgIpc) is 3.30. The third-order valence-electron chi connectivity index (χ3n) is 5.13. The van der Waals surface area contributed by atoms with Crippen molar-refractivity contribution in [1.82, 2.24) is 19.4 Å². The molecular formula is C22H20ClN5O2S. The maximum atomic E-state index is 12.4. The van der Waals surface area contributed by atoms with Crippen LogP contribution in [0.25, 0.3) is 16.6 Å². The fraction of sp³-hybridized carbons (Fsp3) is 0.273. The van der Waals surface area contributed by atoms with E-state index in [1.807, 2.05) is 24.3 Å². The molecule has 5 rings (SSSR count). The zero-order valence-corrected chi connectivity index (χ0v) is 18.2. The molecule has 9 heteroatoms. The van der Waals surface area contributed by atoms with E-state index in [4.69, 9.17) is 21.3 Å². The summed E-state index contributed by atoms with van der Waals surface area (Å²) in [5, 5.41) is 5.53. The van der Waals surface area contributed by atoms with E-state index < -0.39 is 0 Å². The normalized spacial score (nSPS) is 16.2. The minimum atomic E-state index is -0.165. The van der Waals surface area contributed by atoms with Crippen LogP contribution in [0.3, 0.4) is 0 Å². The van der Waals surface area contributed by atoms with E-state index in [1.54, 1.807) is 18.3 Å². The van der Waals surface area contributed by atoms with Crippen molar-refractivity contribution in [1.29, 1.82) is 0 Å². The summed E-state index contributed by atoms with van der Waals surface area (Å²) in [5.74, 6) is 1.28. The van der Waals surface area contributed by atoms with Gasteiger partial charge in [-0.25, -0.2) is 15.0 Å². The van der Waals surface area contributed by atoms with E-state index in [1.165, 1.54) is 22.2 Å². The zero-order chi connectivity index (χ0) is 21.2. The van der Waals surface area contributed by atoms with E-state index in [2.05, 4.69) is 15.3 Å². The smallest absolute Gasteiger partial charge is 0.258 e. The summed E-state index contributed by atoms with van der Waals surface area (Å²) in [6.45, 7) is 1.54. The number of benzene rings is 1. The van der Waals surface area contributed by atoms with Crippen molar-refractivity contribution in [3.63, 3.8) is 0 Å². The molecule has 0 bridgehead atoms. The molecule has 0 aliphatic carbocycles. The molecule has 1 aliphatic heterocycles. The maximum absolute atomic E-state index is 12.4. The number of pyridine rings is 1. The number of aromatic nitrogens is 4. The fourth-order valence-electron chi connectivity index (χ4n) is 3.61. The highest BCUT2D eigenvalue weighted by molar-refractivity contribution is 7.98. The highest BCUT2D eigenvalue weighted by Gasteiger charge is 2.16. The van der Waals surface area contributed by atoms with E-state index in [-0.39, 0.29) is 11.7 Å². The van der Waals surface area contributed by atoms with Crippen LogP contribution in [0.5, 0.6) is 0 Å². The van der Waals surface area contributed by atoms with Crippen LogP contribution < -0.4 is 10.9 Å². The molecule has 1 atom stereocenters. The van der Waals surface area contributed by atoms with Gasteiger partial charge in [0, 0.05) is 36.6 Å². The number of halogens is 1. The van der Waals surface area contributed by atoms with E-state index in [9.17, 15) is 4.79 Å². The molecule has 158 valence electrons. The highest BCUT2D eigenvalue weighted by Crippen LogP contribution is 2.26. The van der Waals surface area contributed by atoms with Crippen molar-refractivity contribution < 1.29 is 4.74 Å². The van der Waals surface area contributed by atoms with Crippen molar-refractivity contribution in [2.24, 2.45) is 0 Å². The van der Waals surface area contributed by atoms with Crippen molar-refractivity contribution in [3.05, 3.63) is 69.7 Å². The molecule has 7 nitrogen and oxygen atoms in total. The Morgan fingerprint density at radius 2 is 2.10 bits per heavy atom. The second-order valence-electron chi connectivity index (χ2n) is 7.34. The first-order chi connectivity index (χ1) is 15.2. The van der Waals surface area contributed by atoms with Crippen molar-refractivity contribution in [3.8, 4) is 0 Å². The van der Waals surface area contributed by atoms with Crippen molar-refractivity contribution in [2.45, 2.75) is 29.9 Å². The maximum Gasteiger partial charge on any atom is 0.258 e. The minimum absolute atomic E-state index is 0.165. The Morgan fingerprint density at radius 1 is 1.19 bits per heavy atom. The summed E-state index contributed by atoms with van der Waals surface area (Å²) >= 11 is 7.43. The molecule has 31 heavy (non-hydrogen) atoms. The number of ether oxygens (including phenoxy) is 1. The molecule has 1 N–H and O–H groups in total. The molecule has 4 aromatic rings. The van der Waals surface area contributed by atoms with Gasteiger partial charge in [-0.05, 0) is 37.1 Å². The Labute approximate surface area is 187 Å². The summed E-state index contributed by atoms with van der Waals surface area (Å²) in [6, 6.07) is 12.9. The van der Waals surface area contributed by atoms with Gasteiger partial charge in [-0.1, -0.05) is 35.5 Å². The quantitative estimate of drug-likeness (QED) is 0.346. The number of anilines is 1. The lowest BCUT2D eigenvalue weighted by Crippen LogP contribution is -2.19. The van der Waals surface area contributed by atoms with Crippen LogP contribution in [0.2, 0.25) is 5.02 Å². The van der Waals surface area contributed by atoms with Gasteiger partial charge in [-0.2, -0.15) is 0 Å². The predicted octanol–water partition coefficient (Wildman–Crippen LogP) is 4.17. The van der Waals surface area contributed by atoms with Gasteiger partial charge in [0.2, 0.25) is 0 Å². The van der Waals surface area contributed by atoms with Gasteiger partial charge in [0.05, 0.1) is 22.3 Å². The van der Waals surface area contributed by atoms with Crippen LogP contribution in [-0.2, 0) is 10.5 Å². The number of hydrogen-bond donors (Lipinski definition) is 1. The summed E-state index contributed by atoms with van der Waals surface area (Å²) in [6.07, 6.45) is 3.95. The summed E-state index contributed by atoms with van der Waals surface area (Å²) < 4.78 is 7.16. The molecule has 1 aliphatic rings. The molecule has 1 saturated heterocycles. The van der Waals surface area contributed by atoms with Crippen molar-refractivity contribution in [2.75, 3.05) is 18.5 Å². The standard InChI is InChI=1S/C22H20ClN5O2S/c23-14-7-8-19-25-15(10-20(29)28(19)12-14)13-31-22-26-18-6-2-1-5-17(18)21(27-22)24-11-16-4-3-9-30-16/h1-2,5-8,10,12,16H,3-4,9,11,13H2,(H,24,26,27)/t16-/m1/s1. The number of hydrogen-bond acceptors (Lipinski definition) is 7. The van der Waals surface area contributed by atoms with Crippen molar-refractivity contribution >= 4 is 45.7 Å². The molecule has 1 aromatic carbocycles. The number of para-hydroxylation sites is 1. The second-order valence-corrected chi connectivity index (χ2v) is 8.72. The zero-order valence-electron chi connectivity index (χ0n) is 16.6. The predicted molar refractivity (Wildman–Crippen MR) is 123 cm³/mol. The van der Waals surface area contributed by atoms with E-state index in [0.29, 0.717) is 27.3 Å². The Balaban J connectivity index is 1.39. The third-order valence-corrected chi connectivity index (χ3v) is 6.23. The van der Waals surface area contributed by atoms with E-state index in [0.717, 1.165) is 42.7 Å². The number of fused-ring (bicyclic) bond motifs is 2. The molecule has 0 unspecified atom stereocenters. The first kappa shape index (κ1) is 20.2. The van der Waals surface area contributed by atoms with Gasteiger partial charge in [0.15, 0.2) is 5.16 Å². The van der Waals surface area contributed by atoms with Gasteiger partial charge in [0.1, 0.15) is 11.5 Å². The molecule has 1 fully saturated rings. The fourth-order valence-corrected chi connectivity index (χ4v) is 4.51. The van der Waals surface area contributed by atoms with Gasteiger partial charge >= 0.3 is 0 Å². The molecule has 4 heterocycles. The molecule has 0 saturated carbocycles. The number of nitrogens with one attached hydrogen (secondary N) is 1. The van der Waals surface area contributed by atoms with Gasteiger partial charge in [0.25, 0.3) is 5.56 Å². The monoisotopic (exact) mass is 453 g/mol. The lowest BCUT2D eigenvalue weighted by Gasteiger charge is -2.14. The Kier molecular flexibility index (Phi) is 5.76. The van der Waals surface area contributed by atoms with Crippen LogP contribution in [-0.4, -0.2) is 38.6 Å². The minimum Gasteiger partial charge on any atom is -0.376 e. The largest absolute Gasteiger partial charge is 0.376 e. The average molecular weight is 454 g/mol. The van der Waals surface area contributed by atoms with Crippen LogP contribution in [0, 0.1) is 0 Å². The number of rotatable bonds is 6. The lowest BCUT2D eigenvalue weighted by molar-refractivity contribution is 0.120.